The van der Waals surface area contributed by atoms with E-state index in [0.717, 1.165) is 42.4 Å². The molecule has 3 aromatic rings. The number of carbonyl (C=O) groups excluding carboxylic acids is 4. The number of hydrogen-bond donors (Lipinski definition) is 3. The molecule has 11 nitrogen and oxygen atoms in total. The molecule has 0 spiro atoms. The molecule has 3 aliphatic rings. The fraction of sp³-hybridized carbons (Fsp3) is 0.351. The predicted octanol–water partition coefficient (Wildman–Crippen LogP) is 3.80. The van der Waals surface area contributed by atoms with Crippen LogP contribution >= 0.6 is 0 Å². The lowest BCUT2D eigenvalue weighted by Crippen LogP contribution is -2.76. The van der Waals surface area contributed by atoms with Gasteiger partial charge in [-0.3, -0.25) is 14.4 Å². The third-order valence-corrected chi connectivity index (χ3v) is 9.28. The Labute approximate surface area is 280 Å². The molecule has 0 aromatic heterocycles. The van der Waals surface area contributed by atoms with Crippen LogP contribution in [0.5, 0.6) is 5.75 Å². The van der Waals surface area contributed by atoms with Crippen molar-refractivity contribution in [3.05, 3.63) is 114 Å². The van der Waals surface area contributed by atoms with E-state index in [2.05, 4.69) is 17.2 Å². The number of fused-ring (bicyclic) bond motifs is 1. The normalized spacial score (nSPS) is 20.0. The summed E-state index contributed by atoms with van der Waals surface area (Å²) in [6.45, 7) is 4.55. The van der Waals surface area contributed by atoms with Gasteiger partial charge in [-0.15, -0.1) is 6.58 Å². The number of benzene rings is 3. The molecule has 0 radical (unpaired) electrons. The van der Waals surface area contributed by atoms with Crippen LogP contribution < -0.4 is 10.6 Å². The van der Waals surface area contributed by atoms with E-state index in [1.54, 1.807) is 62.3 Å². The molecule has 6 rings (SSSR count). The summed E-state index contributed by atoms with van der Waals surface area (Å²) in [5.74, 6) is -0.559. The van der Waals surface area contributed by atoms with E-state index in [9.17, 15) is 24.3 Å². The molecule has 3 aromatic carbocycles. The van der Waals surface area contributed by atoms with Crippen molar-refractivity contribution in [1.82, 2.24) is 30.5 Å². The molecule has 0 bridgehead atoms. The zero-order valence-corrected chi connectivity index (χ0v) is 27.0. The maximum atomic E-state index is 14.3. The van der Waals surface area contributed by atoms with Crippen LogP contribution in [0, 0.1) is 0 Å². The summed E-state index contributed by atoms with van der Waals surface area (Å²) < 4.78 is 0. The fourth-order valence-electron chi connectivity index (χ4n) is 6.92. The highest BCUT2D eigenvalue weighted by Crippen LogP contribution is 2.30. The highest BCUT2D eigenvalue weighted by Gasteiger charge is 2.51. The van der Waals surface area contributed by atoms with E-state index >= 15 is 0 Å². The lowest BCUT2D eigenvalue weighted by molar-refractivity contribution is -0.189. The van der Waals surface area contributed by atoms with Crippen molar-refractivity contribution >= 4 is 23.8 Å². The van der Waals surface area contributed by atoms with E-state index in [1.165, 1.54) is 0 Å². The maximum absolute atomic E-state index is 14.3. The van der Waals surface area contributed by atoms with Gasteiger partial charge in [0.05, 0.1) is 13.1 Å². The first-order valence-electron chi connectivity index (χ1n) is 16.5. The van der Waals surface area contributed by atoms with Crippen molar-refractivity contribution in [2.24, 2.45) is 0 Å². The Bertz CT molecular complexity index is 1640. The lowest BCUT2D eigenvalue weighted by Gasteiger charge is -2.55. The van der Waals surface area contributed by atoms with Gasteiger partial charge in [-0.1, -0.05) is 73.5 Å². The Kier molecular flexibility index (Phi) is 10.1. The number of amides is 5. The summed E-state index contributed by atoms with van der Waals surface area (Å²) in [5.41, 5.74) is 2.98. The van der Waals surface area contributed by atoms with Crippen molar-refractivity contribution in [1.29, 1.82) is 0 Å². The summed E-state index contributed by atoms with van der Waals surface area (Å²) in [7, 11) is 0. The number of rotatable bonds is 10. The molecule has 2 atom stereocenters. The van der Waals surface area contributed by atoms with Crippen LogP contribution in [-0.4, -0.2) is 86.6 Å². The first-order chi connectivity index (χ1) is 23.3. The Balaban J connectivity index is 1.30. The van der Waals surface area contributed by atoms with Gasteiger partial charge in [0.1, 0.15) is 18.0 Å². The first-order valence-corrected chi connectivity index (χ1v) is 16.5. The van der Waals surface area contributed by atoms with Gasteiger partial charge in [-0.05, 0) is 53.8 Å². The minimum atomic E-state index is -0.898. The number of carbonyl (C=O) groups is 4. The summed E-state index contributed by atoms with van der Waals surface area (Å²) in [6, 6.07) is 22.3. The largest absolute Gasteiger partial charge is 0.508 e. The smallest absolute Gasteiger partial charge is 0.334 e. The van der Waals surface area contributed by atoms with Crippen LogP contribution in [0.4, 0.5) is 4.79 Å². The molecule has 2 heterocycles. The Morgan fingerprint density at radius 2 is 1.65 bits per heavy atom. The average molecular weight is 651 g/mol. The van der Waals surface area contributed by atoms with Crippen molar-refractivity contribution in [3.8, 4) is 5.75 Å². The van der Waals surface area contributed by atoms with E-state index in [0.29, 0.717) is 5.56 Å². The molecule has 1 aliphatic carbocycles. The van der Waals surface area contributed by atoms with Crippen molar-refractivity contribution < 1.29 is 24.3 Å². The molecule has 48 heavy (non-hydrogen) atoms. The minimum absolute atomic E-state index is 0.0710. The Hall–Kier alpha value is -5.16. The number of phenolic OH excluding ortho intramolecular Hbond substituents is 1. The second-order valence-corrected chi connectivity index (χ2v) is 12.7. The second-order valence-electron chi connectivity index (χ2n) is 12.7. The molecular formula is C37H42N6O5. The van der Waals surface area contributed by atoms with Gasteiger partial charge < -0.3 is 25.5 Å². The maximum Gasteiger partial charge on any atom is 0.334 e. The standard InChI is InChI=1S/C37H42N6O5/c1-2-19-41-25-34(45)42-32(21-26-15-17-31(44)18-16-26)36(47)40(24-33(42)43(41)37(48)38-22-27-9-4-3-5-10-27)23-28-11-8-12-29(20-28)35(46)39-30-13-6-7-14-30/h2-5,8-12,15-18,20,30,32-33,44H,1,6-7,13-14,19,21-25H2,(H,38,48)(H,39,46). The van der Waals surface area contributed by atoms with Gasteiger partial charge in [0.25, 0.3) is 5.91 Å². The number of urea groups is 1. The molecule has 2 unspecified atom stereocenters. The van der Waals surface area contributed by atoms with Crippen molar-refractivity contribution in [2.75, 3.05) is 19.6 Å². The van der Waals surface area contributed by atoms with E-state index in [4.69, 9.17) is 0 Å². The summed E-state index contributed by atoms with van der Waals surface area (Å²) in [5, 5.41) is 19.2. The molecule has 3 fully saturated rings. The van der Waals surface area contributed by atoms with Crippen LogP contribution in [0.25, 0.3) is 0 Å². The number of nitrogens with one attached hydrogen (secondary N) is 2. The molecule has 11 heteroatoms. The molecule has 2 saturated heterocycles. The first kappa shape index (κ1) is 32.8. The van der Waals surface area contributed by atoms with Crippen molar-refractivity contribution in [2.45, 2.75) is 63.4 Å². The summed E-state index contributed by atoms with van der Waals surface area (Å²) in [4.78, 5) is 58.4. The predicted molar refractivity (Wildman–Crippen MR) is 180 cm³/mol. The van der Waals surface area contributed by atoms with Gasteiger partial charge in [0.15, 0.2) is 0 Å². The number of nitrogens with zero attached hydrogens (tertiary/aromatic N) is 4. The molecular weight excluding hydrogens is 608 g/mol. The number of hydrogen-bond acceptors (Lipinski definition) is 6. The number of aromatic hydroxyl groups is 1. The zero-order chi connectivity index (χ0) is 33.6. The van der Waals surface area contributed by atoms with E-state index in [-0.39, 0.29) is 68.7 Å². The van der Waals surface area contributed by atoms with Gasteiger partial charge in [-0.25, -0.2) is 14.8 Å². The monoisotopic (exact) mass is 650 g/mol. The van der Waals surface area contributed by atoms with Crippen molar-refractivity contribution in [3.63, 3.8) is 0 Å². The molecule has 1 saturated carbocycles. The van der Waals surface area contributed by atoms with Gasteiger partial charge >= 0.3 is 6.03 Å². The number of phenols is 1. The summed E-state index contributed by atoms with van der Waals surface area (Å²) in [6.07, 6.45) is 5.22. The molecule has 3 N–H and O–H groups in total. The molecule has 250 valence electrons. The fourth-order valence-corrected chi connectivity index (χ4v) is 6.92. The van der Waals surface area contributed by atoms with Crippen LogP contribution in [0.1, 0.15) is 52.7 Å². The highest BCUT2D eigenvalue weighted by molar-refractivity contribution is 5.95. The third-order valence-electron chi connectivity index (χ3n) is 9.28. The van der Waals surface area contributed by atoms with Crippen LogP contribution in [0.2, 0.25) is 0 Å². The minimum Gasteiger partial charge on any atom is -0.508 e. The average Bonchev–Trinajstić information content (AvgIpc) is 3.60. The third kappa shape index (κ3) is 7.36. The quantitative estimate of drug-likeness (QED) is 0.287. The SMILES string of the molecule is C=CCN1CC(=O)N2C(Cc3ccc(O)cc3)C(=O)N(Cc3cccc(C(=O)NC4CCCC4)c3)CC2N1C(=O)NCc1ccccc1. The van der Waals surface area contributed by atoms with Gasteiger partial charge in [-0.2, -0.15) is 0 Å². The van der Waals surface area contributed by atoms with Crippen LogP contribution in [0.15, 0.2) is 91.5 Å². The molecule has 5 amide bonds. The van der Waals surface area contributed by atoms with Gasteiger partial charge in [0, 0.05) is 37.7 Å². The van der Waals surface area contributed by atoms with Crippen LogP contribution in [-0.2, 0) is 29.1 Å². The Morgan fingerprint density at radius 3 is 2.38 bits per heavy atom. The lowest BCUT2D eigenvalue weighted by atomic mass is 9.98. The zero-order valence-electron chi connectivity index (χ0n) is 27.0. The summed E-state index contributed by atoms with van der Waals surface area (Å²) >= 11 is 0. The molecule has 2 aliphatic heterocycles. The second kappa shape index (κ2) is 14.7. The van der Waals surface area contributed by atoms with E-state index < -0.39 is 18.2 Å². The number of hydrazine groups is 1. The van der Waals surface area contributed by atoms with E-state index in [1.807, 2.05) is 42.5 Å². The Morgan fingerprint density at radius 1 is 0.917 bits per heavy atom. The van der Waals surface area contributed by atoms with Crippen LogP contribution in [0.3, 0.4) is 0 Å². The number of piperazine rings is 1. The topological polar surface area (TPSA) is 126 Å². The van der Waals surface area contributed by atoms with Gasteiger partial charge in [0.2, 0.25) is 11.8 Å². The highest BCUT2D eigenvalue weighted by atomic mass is 16.3.